The molecule has 6 heteroatoms. The third kappa shape index (κ3) is 3.93. The molecule has 1 aliphatic rings. The lowest BCUT2D eigenvalue weighted by Crippen LogP contribution is -2.41. The lowest BCUT2D eigenvalue weighted by atomic mass is 10.0. The van der Waals surface area contributed by atoms with Crippen LogP contribution in [0.1, 0.15) is 18.4 Å². The van der Waals surface area contributed by atoms with Crippen molar-refractivity contribution in [3.05, 3.63) is 53.2 Å². The average molecular weight is 321 g/mol. The van der Waals surface area contributed by atoms with Gasteiger partial charge in [0.05, 0.1) is 6.20 Å². The van der Waals surface area contributed by atoms with Crippen molar-refractivity contribution in [1.29, 1.82) is 0 Å². The molecule has 1 fully saturated rings. The van der Waals surface area contributed by atoms with Crippen molar-refractivity contribution in [2.24, 2.45) is 0 Å². The Labute approximate surface area is 134 Å². The molecule has 0 saturated carbocycles. The normalized spacial score (nSPS) is 19.1. The van der Waals surface area contributed by atoms with Crippen LogP contribution in [0.4, 0.5) is 10.2 Å². The first-order valence-electron chi connectivity index (χ1n) is 7.41. The minimum absolute atomic E-state index is 0.0563. The molecule has 1 saturated heterocycles. The standard InChI is InChI=1S/C16H18ClFN4/c17-16-19-9-14(18)15(21-16)20-13-7-4-8-22(11-13)10-12-5-2-1-3-6-12/h1-3,5-6,9,13H,4,7-8,10-11H2,(H,19,20,21). The van der Waals surface area contributed by atoms with E-state index in [-0.39, 0.29) is 17.1 Å². The number of benzene rings is 1. The largest absolute Gasteiger partial charge is 0.363 e. The number of hydrogen-bond donors (Lipinski definition) is 1. The zero-order valence-corrected chi connectivity index (χ0v) is 12.9. The lowest BCUT2D eigenvalue weighted by molar-refractivity contribution is 0.208. The van der Waals surface area contributed by atoms with Crippen LogP contribution in [0.3, 0.4) is 0 Å². The van der Waals surface area contributed by atoms with Gasteiger partial charge >= 0.3 is 0 Å². The maximum absolute atomic E-state index is 13.7. The van der Waals surface area contributed by atoms with E-state index < -0.39 is 5.82 Å². The van der Waals surface area contributed by atoms with Crippen molar-refractivity contribution < 1.29 is 4.39 Å². The summed E-state index contributed by atoms with van der Waals surface area (Å²) in [6.45, 7) is 2.82. The molecule has 1 aliphatic heterocycles. The van der Waals surface area contributed by atoms with E-state index in [2.05, 4.69) is 32.3 Å². The van der Waals surface area contributed by atoms with E-state index in [9.17, 15) is 4.39 Å². The van der Waals surface area contributed by atoms with Gasteiger partial charge < -0.3 is 5.32 Å². The van der Waals surface area contributed by atoms with Crippen molar-refractivity contribution in [1.82, 2.24) is 14.9 Å². The molecule has 2 heterocycles. The number of nitrogens with zero attached hydrogens (tertiary/aromatic N) is 3. The van der Waals surface area contributed by atoms with Gasteiger partial charge in [-0.05, 0) is 36.6 Å². The fourth-order valence-electron chi connectivity index (χ4n) is 2.80. The Balaban J connectivity index is 1.62. The van der Waals surface area contributed by atoms with E-state index in [1.165, 1.54) is 5.56 Å². The highest BCUT2D eigenvalue weighted by atomic mass is 35.5. The van der Waals surface area contributed by atoms with Crippen molar-refractivity contribution >= 4 is 17.4 Å². The molecule has 0 bridgehead atoms. The number of piperidine rings is 1. The molecule has 1 N–H and O–H groups in total. The Morgan fingerprint density at radius 3 is 2.95 bits per heavy atom. The Bertz CT molecular complexity index is 623. The summed E-state index contributed by atoms with van der Waals surface area (Å²) in [5, 5.41) is 3.21. The summed E-state index contributed by atoms with van der Waals surface area (Å²) in [7, 11) is 0. The van der Waals surface area contributed by atoms with E-state index in [1.54, 1.807) is 0 Å². The van der Waals surface area contributed by atoms with Crippen LogP contribution in [0.15, 0.2) is 36.5 Å². The first kappa shape index (κ1) is 15.2. The topological polar surface area (TPSA) is 41.1 Å². The Kier molecular flexibility index (Phi) is 4.85. The van der Waals surface area contributed by atoms with Crippen molar-refractivity contribution in [2.75, 3.05) is 18.4 Å². The van der Waals surface area contributed by atoms with Crippen LogP contribution in [-0.4, -0.2) is 34.0 Å². The molecule has 4 nitrogen and oxygen atoms in total. The molecule has 1 aromatic carbocycles. The maximum Gasteiger partial charge on any atom is 0.224 e. The van der Waals surface area contributed by atoms with E-state index in [0.29, 0.717) is 0 Å². The molecule has 0 spiro atoms. The molecule has 22 heavy (non-hydrogen) atoms. The summed E-state index contributed by atoms with van der Waals surface area (Å²) in [6, 6.07) is 10.5. The zero-order chi connectivity index (χ0) is 15.4. The number of anilines is 1. The molecule has 0 amide bonds. The van der Waals surface area contributed by atoms with Gasteiger partial charge in [0.2, 0.25) is 5.28 Å². The molecule has 1 unspecified atom stereocenters. The predicted molar refractivity (Wildman–Crippen MR) is 85.4 cm³/mol. The fraction of sp³-hybridized carbons (Fsp3) is 0.375. The highest BCUT2D eigenvalue weighted by molar-refractivity contribution is 6.28. The molecule has 2 aromatic rings. The van der Waals surface area contributed by atoms with Crippen LogP contribution in [0.25, 0.3) is 0 Å². The van der Waals surface area contributed by atoms with E-state index in [0.717, 1.165) is 38.7 Å². The van der Waals surface area contributed by atoms with Crippen LogP contribution >= 0.6 is 11.6 Å². The summed E-state index contributed by atoms with van der Waals surface area (Å²) >= 11 is 5.73. The minimum atomic E-state index is -0.468. The number of likely N-dealkylation sites (tertiary alicyclic amines) is 1. The van der Waals surface area contributed by atoms with Crippen LogP contribution in [-0.2, 0) is 6.54 Å². The molecular formula is C16H18ClFN4. The Hall–Kier alpha value is -1.72. The molecule has 0 radical (unpaired) electrons. The third-order valence-corrected chi connectivity index (χ3v) is 3.99. The van der Waals surface area contributed by atoms with Gasteiger partial charge in [-0.25, -0.2) is 9.37 Å². The van der Waals surface area contributed by atoms with Crippen LogP contribution in [0.2, 0.25) is 5.28 Å². The molecule has 116 valence electrons. The van der Waals surface area contributed by atoms with Crippen molar-refractivity contribution in [3.8, 4) is 0 Å². The number of hydrogen-bond acceptors (Lipinski definition) is 4. The smallest absolute Gasteiger partial charge is 0.224 e. The highest BCUT2D eigenvalue weighted by Gasteiger charge is 2.21. The third-order valence-electron chi connectivity index (χ3n) is 3.81. The number of halogens is 2. The Morgan fingerprint density at radius 1 is 1.32 bits per heavy atom. The SMILES string of the molecule is Fc1cnc(Cl)nc1NC1CCCN(Cc2ccccc2)C1. The summed E-state index contributed by atoms with van der Waals surface area (Å²) in [5.74, 6) is -0.281. The van der Waals surface area contributed by atoms with Crippen molar-refractivity contribution in [3.63, 3.8) is 0 Å². The number of nitrogens with one attached hydrogen (secondary N) is 1. The summed E-state index contributed by atoms with van der Waals surface area (Å²) in [6.07, 6.45) is 3.17. The summed E-state index contributed by atoms with van der Waals surface area (Å²) in [5.41, 5.74) is 1.29. The van der Waals surface area contributed by atoms with Crippen LogP contribution in [0, 0.1) is 5.82 Å². The predicted octanol–water partition coefficient (Wildman–Crippen LogP) is 3.35. The molecule has 1 atom stereocenters. The second-order valence-electron chi connectivity index (χ2n) is 5.54. The first-order chi connectivity index (χ1) is 10.7. The van der Waals surface area contributed by atoms with Gasteiger partial charge in [0.1, 0.15) is 0 Å². The average Bonchev–Trinajstić information content (AvgIpc) is 2.52. The second-order valence-corrected chi connectivity index (χ2v) is 5.88. The second kappa shape index (κ2) is 7.03. The quantitative estimate of drug-likeness (QED) is 0.877. The lowest BCUT2D eigenvalue weighted by Gasteiger charge is -2.33. The number of rotatable bonds is 4. The van der Waals surface area contributed by atoms with E-state index in [1.807, 2.05) is 18.2 Å². The Morgan fingerprint density at radius 2 is 2.14 bits per heavy atom. The zero-order valence-electron chi connectivity index (χ0n) is 12.2. The van der Waals surface area contributed by atoms with Crippen LogP contribution < -0.4 is 5.32 Å². The van der Waals surface area contributed by atoms with Gasteiger partial charge in [-0.1, -0.05) is 30.3 Å². The van der Waals surface area contributed by atoms with Gasteiger partial charge in [-0.2, -0.15) is 4.98 Å². The number of aromatic nitrogens is 2. The van der Waals surface area contributed by atoms with Gasteiger partial charge in [-0.3, -0.25) is 4.90 Å². The fourth-order valence-corrected chi connectivity index (χ4v) is 2.93. The minimum Gasteiger partial charge on any atom is -0.363 e. The van der Waals surface area contributed by atoms with Crippen molar-refractivity contribution in [2.45, 2.75) is 25.4 Å². The molecule has 0 aliphatic carbocycles. The summed E-state index contributed by atoms with van der Waals surface area (Å²) < 4.78 is 13.7. The highest BCUT2D eigenvalue weighted by Crippen LogP contribution is 2.19. The van der Waals surface area contributed by atoms with Gasteiger partial charge in [-0.15, -0.1) is 0 Å². The first-order valence-corrected chi connectivity index (χ1v) is 7.79. The monoisotopic (exact) mass is 320 g/mol. The molecular weight excluding hydrogens is 303 g/mol. The molecule has 3 rings (SSSR count). The van der Waals surface area contributed by atoms with Crippen LogP contribution in [0.5, 0.6) is 0 Å². The van der Waals surface area contributed by atoms with E-state index in [4.69, 9.17) is 11.6 Å². The van der Waals surface area contributed by atoms with Gasteiger partial charge in [0.25, 0.3) is 0 Å². The molecule has 1 aromatic heterocycles. The maximum atomic E-state index is 13.7. The van der Waals surface area contributed by atoms with Gasteiger partial charge in [0.15, 0.2) is 11.6 Å². The van der Waals surface area contributed by atoms with Gasteiger partial charge in [0, 0.05) is 19.1 Å². The van der Waals surface area contributed by atoms with E-state index >= 15 is 0 Å². The summed E-state index contributed by atoms with van der Waals surface area (Å²) in [4.78, 5) is 9.93.